The van der Waals surface area contributed by atoms with Gasteiger partial charge in [-0.15, -0.1) is 0 Å². The molecule has 0 N–H and O–H groups in total. The molecule has 1 aliphatic heterocycles. The van der Waals surface area contributed by atoms with E-state index in [9.17, 15) is 4.79 Å². The summed E-state index contributed by atoms with van der Waals surface area (Å²) < 4.78 is 1.62. The smallest absolute Gasteiger partial charge is 0.259 e. The minimum atomic E-state index is -0.0335. The first-order chi connectivity index (χ1) is 11.2. The maximum atomic E-state index is 12.8. The highest BCUT2D eigenvalue weighted by atomic mass is 16.2. The third kappa shape index (κ3) is 2.44. The summed E-state index contributed by atoms with van der Waals surface area (Å²) in [5, 5.41) is 4.18. The monoisotopic (exact) mass is 308 g/mol. The highest BCUT2D eigenvalue weighted by molar-refractivity contribution is 5.99. The first-order valence-electron chi connectivity index (χ1n) is 7.59. The predicted octanol–water partition coefficient (Wildman–Crippen LogP) is 1.46. The molecule has 7 nitrogen and oxygen atoms in total. The Bertz CT molecular complexity index is 874. The van der Waals surface area contributed by atoms with Gasteiger partial charge >= 0.3 is 0 Å². The topological polar surface area (TPSA) is 76.3 Å². The van der Waals surface area contributed by atoms with E-state index in [4.69, 9.17) is 0 Å². The van der Waals surface area contributed by atoms with Crippen molar-refractivity contribution in [2.75, 3.05) is 13.1 Å². The third-order valence-corrected chi connectivity index (χ3v) is 4.16. The quantitative estimate of drug-likeness (QED) is 0.716. The van der Waals surface area contributed by atoms with E-state index in [0.717, 1.165) is 17.9 Å². The number of aryl methyl sites for hydroxylation is 1. The fourth-order valence-electron chi connectivity index (χ4n) is 2.97. The number of carbonyl (C=O) groups excluding carboxylic acids is 1. The minimum absolute atomic E-state index is 0.0335. The lowest BCUT2D eigenvalue weighted by atomic mass is 10.1. The summed E-state index contributed by atoms with van der Waals surface area (Å²) in [6, 6.07) is 3.67. The molecule has 116 valence electrons. The van der Waals surface area contributed by atoms with Crippen molar-refractivity contribution in [3.05, 3.63) is 54.0 Å². The molecule has 0 radical (unpaired) electrons. The van der Waals surface area contributed by atoms with E-state index in [-0.39, 0.29) is 11.8 Å². The summed E-state index contributed by atoms with van der Waals surface area (Å²) in [7, 11) is 0. The molecular weight excluding hydrogens is 292 g/mol. The predicted molar refractivity (Wildman–Crippen MR) is 83.0 cm³/mol. The lowest BCUT2D eigenvalue weighted by molar-refractivity contribution is 0.0792. The number of fused-ring (bicyclic) bond motifs is 1. The number of likely N-dealkylation sites (tertiary alicyclic amines) is 1. The maximum Gasteiger partial charge on any atom is 0.259 e. The SMILES string of the molecule is Cc1ccnc(C2CCN(C(=O)c3cnn4cccnc34)C2)n1. The van der Waals surface area contributed by atoms with Crippen molar-refractivity contribution in [1.82, 2.24) is 29.5 Å². The Hall–Kier alpha value is -2.83. The molecule has 23 heavy (non-hydrogen) atoms. The fraction of sp³-hybridized carbons (Fsp3) is 0.312. The number of amides is 1. The molecule has 1 aliphatic rings. The van der Waals surface area contributed by atoms with Crippen molar-refractivity contribution in [3.63, 3.8) is 0 Å². The molecule has 1 unspecified atom stereocenters. The van der Waals surface area contributed by atoms with Gasteiger partial charge in [0.15, 0.2) is 5.65 Å². The first kappa shape index (κ1) is 13.8. The Labute approximate surface area is 133 Å². The molecule has 3 aromatic heterocycles. The zero-order valence-electron chi connectivity index (χ0n) is 12.8. The average molecular weight is 308 g/mol. The van der Waals surface area contributed by atoms with Crippen LogP contribution in [0.1, 0.15) is 34.2 Å². The molecule has 0 aromatic carbocycles. The molecule has 1 saturated heterocycles. The van der Waals surface area contributed by atoms with E-state index in [1.807, 2.05) is 17.9 Å². The Morgan fingerprint density at radius 1 is 1.30 bits per heavy atom. The van der Waals surface area contributed by atoms with Crippen LogP contribution in [0, 0.1) is 6.92 Å². The van der Waals surface area contributed by atoms with Gasteiger partial charge in [0.2, 0.25) is 0 Å². The van der Waals surface area contributed by atoms with Crippen LogP contribution in [0.15, 0.2) is 36.9 Å². The molecule has 7 heteroatoms. The van der Waals surface area contributed by atoms with Gasteiger partial charge < -0.3 is 4.90 Å². The van der Waals surface area contributed by atoms with E-state index in [1.165, 1.54) is 0 Å². The van der Waals surface area contributed by atoms with Gasteiger partial charge in [-0.05, 0) is 25.5 Å². The standard InChI is InChI=1S/C16H16N6O/c1-11-3-6-17-14(20-11)12-4-8-21(10-12)16(23)13-9-19-22-7-2-5-18-15(13)22/h2-3,5-7,9,12H,4,8,10H2,1H3. The van der Waals surface area contributed by atoms with Crippen LogP contribution in [-0.4, -0.2) is 48.5 Å². The van der Waals surface area contributed by atoms with Crippen LogP contribution >= 0.6 is 0 Å². The number of carbonyl (C=O) groups is 1. The number of hydrogen-bond acceptors (Lipinski definition) is 5. The van der Waals surface area contributed by atoms with E-state index in [1.54, 1.807) is 35.4 Å². The Morgan fingerprint density at radius 3 is 3.09 bits per heavy atom. The molecule has 4 heterocycles. The normalized spacial score (nSPS) is 17.8. The van der Waals surface area contributed by atoms with E-state index < -0.39 is 0 Å². The summed E-state index contributed by atoms with van der Waals surface area (Å²) >= 11 is 0. The van der Waals surface area contributed by atoms with Crippen LogP contribution in [-0.2, 0) is 0 Å². The van der Waals surface area contributed by atoms with Gasteiger partial charge in [0, 0.05) is 43.3 Å². The van der Waals surface area contributed by atoms with Crippen LogP contribution in [0.5, 0.6) is 0 Å². The average Bonchev–Trinajstić information content (AvgIpc) is 3.22. The van der Waals surface area contributed by atoms with Gasteiger partial charge in [-0.1, -0.05) is 0 Å². The van der Waals surface area contributed by atoms with Crippen molar-refractivity contribution in [2.24, 2.45) is 0 Å². The molecule has 0 spiro atoms. The summed E-state index contributed by atoms with van der Waals surface area (Å²) in [4.78, 5) is 27.7. The lowest BCUT2D eigenvalue weighted by Gasteiger charge is -2.15. The van der Waals surface area contributed by atoms with Crippen molar-refractivity contribution in [3.8, 4) is 0 Å². The Balaban J connectivity index is 1.56. The van der Waals surface area contributed by atoms with Crippen LogP contribution < -0.4 is 0 Å². The van der Waals surface area contributed by atoms with Gasteiger partial charge in [0.05, 0.1) is 6.20 Å². The second-order valence-electron chi connectivity index (χ2n) is 5.74. The molecule has 1 atom stereocenters. The molecule has 0 bridgehead atoms. The highest BCUT2D eigenvalue weighted by Crippen LogP contribution is 2.26. The van der Waals surface area contributed by atoms with E-state index in [2.05, 4.69) is 20.1 Å². The van der Waals surface area contributed by atoms with Gasteiger partial charge in [0.1, 0.15) is 11.4 Å². The van der Waals surface area contributed by atoms with Crippen LogP contribution in [0.3, 0.4) is 0 Å². The second-order valence-corrected chi connectivity index (χ2v) is 5.74. The molecule has 3 aromatic rings. The summed E-state index contributed by atoms with van der Waals surface area (Å²) in [5.74, 6) is 0.973. The van der Waals surface area contributed by atoms with Gasteiger partial charge in [0.25, 0.3) is 5.91 Å². The van der Waals surface area contributed by atoms with Crippen molar-refractivity contribution < 1.29 is 4.79 Å². The zero-order chi connectivity index (χ0) is 15.8. The fourth-order valence-corrected chi connectivity index (χ4v) is 2.97. The first-order valence-corrected chi connectivity index (χ1v) is 7.59. The molecule has 0 saturated carbocycles. The van der Waals surface area contributed by atoms with E-state index in [0.29, 0.717) is 24.3 Å². The van der Waals surface area contributed by atoms with Gasteiger partial charge in [-0.25, -0.2) is 19.5 Å². The second kappa shape index (κ2) is 5.42. The van der Waals surface area contributed by atoms with Gasteiger partial charge in [-0.2, -0.15) is 5.10 Å². The molecule has 4 rings (SSSR count). The van der Waals surface area contributed by atoms with Crippen molar-refractivity contribution in [1.29, 1.82) is 0 Å². The Kier molecular flexibility index (Phi) is 3.25. The summed E-state index contributed by atoms with van der Waals surface area (Å²) in [5.41, 5.74) is 2.08. The van der Waals surface area contributed by atoms with Crippen LogP contribution in [0.25, 0.3) is 5.65 Å². The number of aromatic nitrogens is 5. The summed E-state index contributed by atoms with van der Waals surface area (Å²) in [6.07, 6.45) is 7.69. The number of nitrogens with zero attached hydrogens (tertiary/aromatic N) is 6. The Morgan fingerprint density at radius 2 is 2.22 bits per heavy atom. The molecular formula is C16H16N6O. The number of hydrogen-bond donors (Lipinski definition) is 0. The molecule has 1 fully saturated rings. The lowest BCUT2D eigenvalue weighted by Crippen LogP contribution is -2.28. The maximum absolute atomic E-state index is 12.8. The van der Waals surface area contributed by atoms with Crippen LogP contribution in [0.2, 0.25) is 0 Å². The van der Waals surface area contributed by atoms with Crippen molar-refractivity contribution >= 4 is 11.6 Å². The minimum Gasteiger partial charge on any atom is -0.338 e. The van der Waals surface area contributed by atoms with E-state index >= 15 is 0 Å². The number of rotatable bonds is 2. The van der Waals surface area contributed by atoms with Gasteiger partial charge in [-0.3, -0.25) is 4.79 Å². The third-order valence-electron chi connectivity index (χ3n) is 4.16. The van der Waals surface area contributed by atoms with Crippen LogP contribution in [0.4, 0.5) is 0 Å². The zero-order valence-corrected chi connectivity index (χ0v) is 12.8. The summed E-state index contributed by atoms with van der Waals surface area (Å²) in [6.45, 7) is 3.28. The highest BCUT2D eigenvalue weighted by Gasteiger charge is 2.31. The molecule has 1 amide bonds. The largest absolute Gasteiger partial charge is 0.338 e. The van der Waals surface area contributed by atoms with Crippen molar-refractivity contribution in [2.45, 2.75) is 19.3 Å². The molecule has 0 aliphatic carbocycles.